The zero-order valence-electron chi connectivity index (χ0n) is 14.7. The van der Waals surface area contributed by atoms with Crippen LogP contribution in [-0.2, 0) is 6.18 Å². The molecule has 2 aromatic carbocycles. The van der Waals surface area contributed by atoms with E-state index in [1.54, 1.807) is 4.90 Å². The van der Waals surface area contributed by atoms with E-state index in [9.17, 15) is 18.0 Å². The molecule has 1 saturated carbocycles. The van der Waals surface area contributed by atoms with Crippen molar-refractivity contribution in [2.75, 3.05) is 18.4 Å². The highest BCUT2D eigenvalue weighted by atomic mass is 19.4. The molecule has 2 aromatic rings. The molecule has 0 aromatic heterocycles. The largest absolute Gasteiger partial charge is 0.416 e. The number of hydrogen-bond acceptors (Lipinski definition) is 1. The van der Waals surface area contributed by atoms with Gasteiger partial charge in [-0.15, -0.1) is 0 Å². The number of carbonyl (C=O) groups is 1. The lowest BCUT2D eigenvalue weighted by molar-refractivity contribution is -0.137. The standard InChI is InChI=1S/C21H21F3N2O/c22-21(23,24)18-7-4-8-19(11-18)25-20(27)26-12-16-9-15(10-17(16)13-26)14-5-2-1-3-6-14/h1-8,11,15-17H,9-10,12-13H2,(H,25,27). The number of benzene rings is 2. The monoisotopic (exact) mass is 374 g/mol. The summed E-state index contributed by atoms with van der Waals surface area (Å²) in [7, 11) is 0. The molecule has 2 amide bonds. The summed E-state index contributed by atoms with van der Waals surface area (Å²) in [6.45, 7) is 1.33. The fraction of sp³-hybridized carbons (Fsp3) is 0.381. The molecular formula is C21H21F3N2O. The lowest BCUT2D eigenvalue weighted by atomic mass is 9.96. The number of fused-ring (bicyclic) bond motifs is 1. The van der Waals surface area contributed by atoms with E-state index in [0.29, 0.717) is 30.8 Å². The van der Waals surface area contributed by atoms with Crippen LogP contribution >= 0.6 is 0 Å². The van der Waals surface area contributed by atoms with Gasteiger partial charge >= 0.3 is 12.2 Å². The molecule has 2 fully saturated rings. The number of alkyl halides is 3. The molecule has 6 heteroatoms. The van der Waals surface area contributed by atoms with Crippen LogP contribution in [0.3, 0.4) is 0 Å². The minimum Gasteiger partial charge on any atom is -0.324 e. The molecule has 1 aliphatic carbocycles. The summed E-state index contributed by atoms with van der Waals surface area (Å²) in [5.74, 6) is 1.46. The van der Waals surface area contributed by atoms with Crippen molar-refractivity contribution < 1.29 is 18.0 Å². The van der Waals surface area contributed by atoms with Crippen LogP contribution in [-0.4, -0.2) is 24.0 Å². The van der Waals surface area contributed by atoms with Gasteiger partial charge in [-0.2, -0.15) is 13.2 Å². The van der Waals surface area contributed by atoms with Crippen molar-refractivity contribution in [3.05, 3.63) is 65.7 Å². The summed E-state index contributed by atoms with van der Waals surface area (Å²) in [5, 5.41) is 2.62. The lowest BCUT2D eigenvalue weighted by Crippen LogP contribution is -2.34. The molecule has 2 aliphatic rings. The van der Waals surface area contributed by atoms with Crippen LogP contribution in [0.2, 0.25) is 0 Å². The number of carbonyl (C=O) groups excluding carboxylic acids is 1. The number of amides is 2. The molecule has 2 unspecified atom stereocenters. The topological polar surface area (TPSA) is 32.3 Å². The van der Waals surface area contributed by atoms with E-state index in [-0.39, 0.29) is 11.7 Å². The zero-order chi connectivity index (χ0) is 19.0. The Morgan fingerprint density at radius 3 is 2.26 bits per heavy atom. The Hall–Kier alpha value is -2.50. The van der Waals surface area contributed by atoms with Crippen LogP contribution in [0.5, 0.6) is 0 Å². The highest BCUT2D eigenvalue weighted by Gasteiger charge is 2.42. The molecule has 3 nitrogen and oxygen atoms in total. The maximum absolute atomic E-state index is 12.8. The lowest BCUT2D eigenvalue weighted by Gasteiger charge is -2.20. The van der Waals surface area contributed by atoms with Gasteiger partial charge in [0.2, 0.25) is 0 Å². The van der Waals surface area contributed by atoms with Crippen LogP contribution in [0.1, 0.15) is 29.9 Å². The third kappa shape index (κ3) is 3.80. The van der Waals surface area contributed by atoms with Crippen molar-refractivity contribution in [1.82, 2.24) is 4.90 Å². The number of nitrogens with zero attached hydrogens (tertiary/aromatic N) is 1. The molecule has 1 N–H and O–H groups in total. The quantitative estimate of drug-likeness (QED) is 0.754. The van der Waals surface area contributed by atoms with Crippen LogP contribution in [0, 0.1) is 11.8 Å². The van der Waals surface area contributed by atoms with Crippen molar-refractivity contribution >= 4 is 11.7 Å². The van der Waals surface area contributed by atoms with Gasteiger partial charge in [0.15, 0.2) is 0 Å². The van der Waals surface area contributed by atoms with Crippen molar-refractivity contribution in [2.45, 2.75) is 24.9 Å². The molecule has 27 heavy (non-hydrogen) atoms. The van der Waals surface area contributed by atoms with E-state index >= 15 is 0 Å². The number of anilines is 1. The number of rotatable bonds is 2. The highest BCUT2D eigenvalue weighted by Crippen LogP contribution is 2.46. The number of urea groups is 1. The fourth-order valence-corrected chi connectivity index (χ4v) is 4.44. The minimum atomic E-state index is -4.42. The Kier molecular flexibility index (Phi) is 4.58. The van der Waals surface area contributed by atoms with E-state index in [1.807, 2.05) is 6.07 Å². The second-order valence-corrected chi connectivity index (χ2v) is 7.51. The summed E-state index contributed by atoms with van der Waals surface area (Å²) < 4.78 is 38.4. The first kappa shape index (κ1) is 17.9. The molecular weight excluding hydrogens is 353 g/mol. The van der Waals surface area contributed by atoms with Crippen molar-refractivity contribution in [3.8, 4) is 0 Å². The third-order valence-corrected chi connectivity index (χ3v) is 5.75. The predicted octanol–water partition coefficient (Wildman–Crippen LogP) is 5.36. The molecule has 1 heterocycles. The first-order valence-electron chi connectivity index (χ1n) is 9.18. The van der Waals surface area contributed by atoms with Gasteiger partial charge in [-0.05, 0) is 54.4 Å². The molecule has 2 atom stereocenters. The molecule has 1 saturated heterocycles. The van der Waals surface area contributed by atoms with E-state index < -0.39 is 11.7 Å². The Morgan fingerprint density at radius 2 is 1.63 bits per heavy atom. The smallest absolute Gasteiger partial charge is 0.324 e. The van der Waals surface area contributed by atoms with E-state index in [0.717, 1.165) is 25.0 Å². The Morgan fingerprint density at radius 1 is 0.963 bits per heavy atom. The highest BCUT2D eigenvalue weighted by molar-refractivity contribution is 5.89. The third-order valence-electron chi connectivity index (χ3n) is 5.75. The first-order valence-corrected chi connectivity index (χ1v) is 9.18. The van der Waals surface area contributed by atoms with Gasteiger partial charge in [-0.25, -0.2) is 4.79 Å². The Balaban J connectivity index is 1.36. The number of likely N-dealkylation sites (tertiary alicyclic amines) is 1. The molecule has 0 radical (unpaired) electrons. The number of nitrogens with one attached hydrogen (secondary N) is 1. The van der Waals surface area contributed by atoms with Gasteiger partial charge in [0.25, 0.3) is 0 Å². The Bertz CT molecular complexity index is 808. The Labute approximate surface area is 156 Å². The van der Waals surface area contributed by atoms with Crippen molar-refractivity contribution in [2.24, 2.45) is 11.8 Å². The molecule has 1 aliphatic heterocycles. The summed E-state index contributed by atoms with van der Waals surface area (Å²) >= 11 is 0. The van der Waals surface area contributed by atoms with Crippen LogP contribution in [0.4, 0.5) is 23.7 Å². The van der Waals surface area contributed by atoms with Gasteiger partial charge in [0, 0.05) is 18.8 Å². The van der Waals surface area contributed by atoms with Crippen LogP contribution in [0.15, 0.2) is 54.6 Å². The summed E-state index contributed by atoms with van der Waals surface area (Å²) in [6.07, 6.45) is -2.30. The van der Waals surface area contributed by atoms with Gasteiger partial charge in [0.1, 0.15) is 0 Å². The second-order valence-electron chi connectivity index (χ2n) is 7.51. The SMILES string of the molecule is O=C(Nc1cccc(C(F)(F)F)c1)N1CC2CC(c3ccccc3)CC2C1. The zero-order valence-corrected chi connectivity index (χ0v) is 14.7. The maximum Gasteiger partial charge on any atom is 0.416 e. The van der Waals surface area contributed by atoms with Crippen molar-refractivity contribution in [1.29, 1.82) is 0 Å². The van der Waals surface area contributed by atoms with Crippen LogP contribution < -0.4 is 5.32 Å². The average Bonchev–Trinajstić information content (AvgIpc) is 3.21. The van der Waals surface area contributed by atoms with E-state index in [1.165, 1.54) is 17.7 Å². The fourth-order valence-electron chi connectivity index (χ4n) is 4.44. The average molecular weight is 374 g/mol. The molecule has 4 rings (SSSR count). The van der Waals surface area contributed by atoms with Crippen molar-refractivity contribution in [3.63, 3.8) is 0 Å². The van der Waals surface area contributed by atoms with Crippen LogP contribution in [0.25, 0.3) is 0 Å². The maximum atomic E-state index is 12.8. The van der Waals surface area contributed by atoms with Gasteiger partial charge in [0.05, 0.1) is 5.56 Å². The van der Waals surface area contributed by atoms with Gasteiger partial charge in [-0.1, -0.05) is 36.4 Å². The predicted molar refractivity (Wildman–Crippen MR) is 97.4 cm³/mol. The summed E-state index contributed by atoms with van der Waals surface area (Å²) in [4.78, 5) is 14.2. The first-order chi connectivity index (χ1) is 12.9. The van der Waals surface area contributed by atoms with Gasteiger partial charge in [-0.3, -0.25) is 0 Å². The molecule has 0 bridgehead atoms. The number of halogens is 3. The van der Waals surface area contributed by atoms with E-state index in [4.69, 9.17) is 0 Å². The normalized spacial score (nSPS) is 24.7. The molecule has 142 valence electrons. The minimum absolute atomic E-state index is 0.175. The van der Waals surface area contributed by atoms with E-state index in [2.05, 4.69) is 29.6 Å². The number of hydrogen-bond donors (Lipinski definition) is 1. The summed E-state index contributed by atoms with van der Waals surface area (Å²) in [6, 6.07) is 14.9. The molecule has 0 spiro atoms. The summed E-state index contributed by atoms with van der Waals surface area (Å²) in [5.41, 5.74) is 0.769. The van der Waals surface area contributed by atoms with Gasteiger partial charge < -0.3 is 10.2 Å². The second kappa shape index (κ2) is 6.91.